The van der Waals surface area contributed by atoms with E-state index in [1.54, 1.807) is 24.3 Å². The van der Waals surface area contributed by atoms with Crippen LogP contribution in [-0.4, -0.2) is 18.2 Å². The molecule has 21 heavy (non-hydrogen) atoms. The van der Waals surface area contributed by atoms with E-state index < -0.39 is 6.09 Å². The van der Waals surface area contributed by atoms with Crippen LogP contribution in [0.5, 0.6) is 11.6 Å². The molecule has 0 atom stereocenters. The van der Waals surface area contributed by atoms with Crippen LogP contribution in [-0.2, 0) is 6.42 Å². The average molecular weight is 286 g/mol. The molecule has 0 radical (unpaired) electrons. The molecule has 0 fully saturated rings. The summed E-state index contributed by atoms with van der Waals surface area (Å²) in [5.74, 6) is 0.853. The molecule has 2 aromatic rings. The molecule has 0 unspecified atom stereocenters. The lowest BCUT2D eigenvalue weighted by atomic mass is 10.1. The fourth-order valence-corrected chi connectivity index (χ4v) is 1.97. The summed E-state index contributed by atoms with van der Waals surface area (Å²) < 4.78 is 10.4. The largest absolute Gasteiger partial charge is 0.480 e. The van der Waals surface area contributed by atoms with Crippen molar-refractivity contribution < 1.29 is 14.3 Å². The Balaban J connectivity index is 2.15. The van der Waals surface area contributed by atoms with Gasteiger partial charge in [-0.2, -0.15) is 0 Å². The summed E-state index contributed by atoms with van der Waals surface area (Å²) in [7, 11) is 1.52. The molecule has 1 amide bonds. The molecule has 0 aliphatic rings. The molecule has 2 rings (SSSR count). The van der Waals surface area contributed by atoms with Crippen molar-refractivity contribution in [1.29, 1.82) is 0 Å². The molecule has 0 aliphatic heterocycles. The second-order valence-corrected chi connectivity index (χ2v) is 4.49. The van der Waals surface area contributed by atoms with Crippen LogP contribution in [0.1, 0.15) is 18.2 Å². The van der Waals surface area contributed by atoms with Gasteiger partial charge in [0.1, 0.15) is 11.4 Å². The molecule has 0 bridgehead atoms. The van der Waals surface area contributed by atoms with E-state index in [0.717, 1.165) is 17.7 Å². The number of carbonyl (C=O) groups is 1. The number of anilines is 1. The monoisotopic (exact) mass is 286 g/mol. The first-order valence-electron chi connectivity index (χ1n) is 6.72. The molecule has 0 saturated carbocycles. The maximum Gasteiger partial charge on any atom is 0.417 e. The van der Waals surface area contributed by atoms with Gasteiger partial charge in [-0.15, -0.1) is 0 Å². The molecule has 1 aromatic carbocycles. The number of carbonyl (C=O) groups excluding carboxylic acids is 1. The minimum Gasteiger partial charge on any atom is -0.480 e. The standard InChI is InChI=1S/C16H18N2O3/c1-4-13-11(2)10-14(15(17-13)20-3)18-16(19)21-12-8-6-5-7-9-12/h5-10H,4H2,1-3H3,(H,18,19). The van der Waals surface area contributed by atoms with Gasteiger partial charge in [-0.1, -0.05) is 25.1 Å². The number of benzene rings is 1. The minimum absolute atomic E-state index is 0.377. The van der Waals surface area contributed by atoms with Crippen molar-refractivity contribution in [1.82, 2.24) is 4.98 Å². The number of hydrogen-bond acceptors (Lipinski definition) is 4. The lowest BCUT2D eigenvalue weighted by Gasteiger charge is -2.12. The van der Waals surface area contributed by atoms with Gasteiger partial charge in [0.15, 0.2) is 0 Å². The number of ether oxygens (including phenoxy) is 2. The third kappa shape index (κ3) is 3.72. The molecule has 1 N–H and O–H groups in total. The zero-order chi connectivity index (χ0) is 15.2. The molecule has 1 aromatic heterocycles. The third-order valence-corrected chi connectivity index (χ3v) is 3.00. The Morgan fingerprint density at radius 2 is 2.00 bits per heavy atom. The van der Waals surface area contributed by atoms with Gasteiger partial charge in [-0.25, -0.2) is 9.78 Å². The van der Waals surface area contributed by atoms with E-state index in [0.29, 0.717) is 17.3 Å². The Bertz CT molecular complexity index is 627. The molecule has 5 nitrogen and oxygen atoms in total. The highest BCUT2D eigenvalue weighted by Crippen LogP contribution is 2.25. The molecule has 110 valence electrons. The fraction of sp³-hybridized carbons (Fsp3) is 0.250. The number of pyridine rings is 1. The highest BCUT2D eigenvalue weighted by Gasteiger charge is 2.13. The maximum atomic E-state index is 11.9. The fourth-order valence-electron chi connectivity index (χ4n) is 1.97. The van der Waals surface area contributed by atoms with E-state index in [1.165, 1.54) is 7.11 Å². The molecular weight excluding hydrogens is 268 g/mol. The van der Waals surface area contributed by atoms with Crippen LogP contribution in [0.4, 0.5) is 10.5 Å². The normalized spacial score (nSPS) is 10.0. The van der Waals surface area contributed by atoms with Crippen LogP contribution in [0.3, 0.4) is 0 Å². The zero-order valence-corrected chi connectivity index (χ0v) is 12.3. The van der Waals surface area contributed by atoms with E-state index in [9.17, 15) is 4.79 Å². The Morgan fingerprint density at radius 3 is 2.62 bits per heavy atom. The number of rotatable bonds is 4. The van der Waals surface area contributed by atoms with Crippen LogP contribution in [0.25, 0.3) is 0 Å². The summed E-state index contributed by atoms with van der Waals surface area (Å²) in [6, 6.07) is 10.7. The Labute approximate surface area is 123 Å². The summed E-state index contributed by atoms with van der Waals surface area (Å²) >= 11 is 0. The number of methoxy groups -OCH3 is 1. The predicted molar refractivity (Wildman–Crippen MR) is 81.0 cm³/mol. The predicted octanol–water partition coefficient (Wildman–Crippen LogP) is 3.57. The molecular formula is C16H18N2O3. The minimum atomic E-state index is -0.579. The topological polar surface area (TPSA) is 60.5 Å². The van der Waals surface area contributed by atoms with Crippen LogP contribution in [0, 0.1) is 6.92 Å². The molecule has 0 aliphatic carbocycles. The van der Waals surface area contributed by atoms with Crippen molar-refractivity contribution in [3.63, 3.8) is 0 Å². The van der Waals surface area contributed by atoms with Gasteiger partial charge in [-0.05, 0) is 37.1 Å². The van der Waals surface area contributed by atoms with Crippen LogP contribution in [0.2, 0.25) is 0 Å². The number of aryl methyl sites for hydroxylation is 2. The van der Waals surface area contributed by atoms with Crippen molar-refractivity contribution in [2.45, 2.75) is 20.3 Å². The second kappa shape index (κ2) is 6.74. The number of nitrogens with one attached hydrogen (secondary N) is 1. The van der Waals surface area contributed by atoms with Gasteiger partial charge < -0.3 is 9.47 Å². The first-order chi connectivity index (χ1) is 10.1. The van der Waals surface area contributed by atoms with Crippen molar-refractivity contribution in [2.24, 2.45) is 0 Å². The average Bonchev–Trinajstić information content (AvgIpc) is 2.48. The molecule has 0 spiro atoms. The Morgan fingerprint density at radius 1 is 1.29 bits per heavy atom. The second-order valence-electron chi connectivity index (χ2n) is 4.49. The van der Waals surface area contributed by atoms with Gasteiger partial charge in [0, 0.05) is 5.69 Å². The van der Waals surface area contributed by atoms with Crippen LogP contribution in [0.15, 0.2) is 36.4 Å². The van der Waals surface area contributed by atoms with Gasteiger partial charge in [-0.3, -0.25) is 5.32 Å². The Kier molecular flexibility index (Phi) is 4.77. The highest BCUT2D eigenvalue weighted by molar-refractivity contribution is 5.87. The van der Waals surface area contributed by atoms with Crippen LogP contribution >= 0.6 is 0 Å². The van der Waals surface area contributed by atoms with E-state index in [-0.39, 0.29) is 0 Å². The van der Waals surface area contributed by atoms with Gasteiger partial charge in [0.2, 0.25) is 5.88 Å². The van der Waals surface area contributed by atoms with Crippen molar-refractivity contribution >= 4 is 11.8 Å². The number of para-hydroxylation sites is 1. The number of aromatic nitrogens is 1. The number of amides is 1. The summed E-state index contributed by atoms with van der Waals surface area (Å²) in [6.07, 6.45) is 0.224. The van der Waals surface area contributed by atoms with Gasteiger partial charge in [0.05, 0.1) is 7.11 Å². The third-order valence-electron chi connectivity index (χ3n) is 3.00. The first kappa shape index (κ1) is 14.8. The van der Waals surface area contributed by atoms with E-state index in [4.69, 9.17) is 9.47 Å². The van der Waals surface area contributed by atoms with E-state index >= 15 is 0 Å². The first-order valence-corrected chi connectivity index (χ1v) is 6.72. The van der Waals surface area contributed by atoms with Crippen molar-refractivity contribution in [2.75, 3.05) is 12.4 Å². The summed E-state index contributed by atoms with van der Waals surface area (Å²) in [5, 5.41) is 2.65. The molecule has 5 heteroatoms. The van der Waals surface area contributed by atoms with Crippen molar-refractivity contribution in [3.05, 3.63) is 47.7 Å². The summed E-state index contributed by atoms with van der Waals surface area (Å²) in [6.45, 7) is 3.96. The molecule has 1 heterocycles. The molecule has 0 saturated heterocycles. The van der Waals surface area contributed by atoms with E-state index in [1.807, 2.05) is 26.0 Å². The lowest BCUT2D eigenvalue weighted by Crippen LogP contribution is -2.18. The summed E-state index contributed by atoms with van der Waals surface area (Å²) in [5.41, 5.74) is 2.43. The lowest BCUT2D eigenvalue weighted by molar-refractivity contribution is 0.215. The number of nitrogens with zero attached hydrogens (tertiary/aromatic N) is 1. The number of hydrogen-bond donors (Lipinski definition) is 1. The van der Waals surface area contributed by atoms with Gasteiger partial charge in [0.25, 0.3) is 0 Å². The van der Waals surface area contributed by atoms with E-state index in [2.05, 4.69) is 10.3 Å². The maximum absolute atomic E-state index is 11.9. The quantitative estimate of drug-likeness (QED) is 0.933. The zero-order valence-electron chi connectivity index (χ0n) is 12.3. The summed E-state index contributed by atoms with van der Waals surface area (Å²) in [4.78, 5) is 16.3. The SMILES string of the molecule is CCc1nc(OC)c(NC(=O)Oc2ccccc2)cc1C. The van der Waals surface area contributed by atoms with Crippen LogP contribution < -0.4 is 14.8 Å². The van der Waals surface area contributed by atoms with Gasteiger partial charge >= 0.3 is 6.09 Å². The smallest absolute Gasteiger partial charge is 0.417 e. The highest BCUT2D eigenvalue weighted by atomic mass is 16.6. The van der Waals surface area contributed by atoms with Crippen molar-refractivity contribution in [3.8, 4) is 11.6 Å². The Hall–Kier alpha value is -2.56.